The summed E-state index contributed by atoms with van der Waals surface area (Å²) in [7, 11) is 0. The van der Waals surface area contributed by atoms with Gasteiger partial charge in [-0.15, -0.1) is 0 Å². The summed E-state index contributed by atoms with van der Waals surface area (Å²) in [5.74, 6) is 0. The summed E-state index contributed by atoms with van der Waals surface area (Å²) in [4.78, 5) is 0. The van der Waals surface area contributed by atoms with Gasteiger partial charge in [-0.2, -0.15) is 5.10 Å². The average molecular weight is 287 g/mol. The van der Waals surface area contributed by atoms with Crippen molar-refractivity contribution in [2.75, 3.05) is 0 Å². The first-order valence-electron chi connectivity index (χ1n) is 7.42. The number of aryl methyl sites for hydroxylation is 2. The van der Waals surface area contributed by atoms with Crippen LogP contribution in [0.2, 0.25) is 0 Å². The molecule has 22 heavy (non-hydrogen) atoms. The minimum absolute atomic E-state index is 1.04. The van der Waals surface area contributed by atoms with E-state index in [9.17, 15) is 0 Å². The SMILES string of the molecule is Cc1cc(C)n(-c2cccc(-n3ccc4ccccc43)c2)n1. The second-order valence-electron chi connectivity index (χ2n) is 5.60. The van der Waals surface area contributed by atoms with Gasteiger partial charge in [0.1, 0.15) is 0 Å². The molecule has 4 rings (SSSR count). The molecule has 108 valence electrons. The summed E-state index contributed by atoms with van der Waals surface area (Å²) < 4.78 is 4.20. The Morgan fingerprint density at radius 2 is 1.64 bits per heavy atom. The highest BCUT2D eigenvalue weighted by Crippen LogP contribution is 2.22. The zero-order valence-corrected chi connectivity index (χ0v) is 12.7. The lowest BCUT2D eigenvalue weighted by molar-refractivity contribution is 0.832. The minimum atomic E-state index is 1.04. The van der Waals surface area contributed by atoms with E-state index in [0.717, 1.165) is 22.8 Å². The highest BCUT2D eigenvalue weighted by Gasteiger charge is 2.07. The van der Waals surface area contributed by atoms with Crippen LogP contribution in [0, 0.1) is 13.8 Å². The van der Waals surface area contributed by atoms with Crippen LogP contribution in [0.25, 0.3) is 22.3 Å². The van der Waals surface area contributed by atoms with Gasteiger partial charge in [-0.05, 0) is 55.6 Å². The summed E-state index contributed by atoms with van der Waals surface area (Å²) in [6, 6.07) is 21.1. The average Bonchev–Trinajstić information content (AvgIpc) is 3.10. The molecule has 0 atom stereocenters. The molecule has 3 heteroatoms. The molecule has 0 saturated carbocycles. The lowest BCUT2D eigenvalue weighted by Gasteiger charge is -2.09. The highest BCUT2D eigenvalue weighted by atomic mass is 15.3. The molecule has 0 aliphatic heterocycles. The van der Waals surface area contributed by atoms with Crippen molar-refractivity contribution in [3.63, 3.8) is 0 Å². The zero-order chi connectivity index (χ0) is 15.1. The van der Waals surface area contributed by atoms with Gasteiger partial charge in [0.05, 0.1) is 16.9 Å². The molecule has 0 spiro atoms. The molecule has 0 bridgehead atoms. The van der Waals surface area contributed by atoms with E-state index in [4.69, 9.17) is 0 Å². The molecule has 0 fully saturated rings. The van der Waals surface area contributed by atoms with E-state index < -0.39 is 0 Å². The van der Waals surface area contributed by atoms with Gasteiger partial charge in [-0.3, -0.25) is 0 Å². The molecule has 2 aromatic carbocycles. The fourth-order valence-electron chi connectivity index (χ4n) is 2.97. The van der Waals surface area contributed by atoms with E-state index in [1.165, 1.54) is 10.9 Å². The largest absolute Gasteiger partial charge is 0.316 e. The smallest absolute Gasteiger partial charge is 0.0669 e. The Balaban J connectivity index is 1.87. The van der Waals surface area contributed by atoms with Gasteiger partial charge in [-0.25, -0.2) is 4.68 Å². The number of para-hydroxylation sites is 1. The van der Waals surface area contributed by atoms with E-state index in [0.29, 0.717) is 0 Å². The summed E-state index contributed by atoms with van der Waals surface area (Å²) in [5, 5.41) is 5.82. The number of hydrogen-bond acceptors (Lipinski definition) is 1. The van der Waals surface area contributed by atoms with Crippen LogP contribution in [0.4, 0.5) is 0 Å². The Labute approximate surface area is 129 Å². The zero-order valence-electron chi connectivity index (χ0n) is 12.7. The van der Waals surface area contributed by atoms with Crippen LogP contribution in [0.1, 0.15) is 11.4 Å². The molecule has 3 nitrogen and oxygen atoms in total. The van der Waals surface area contributed by atoms with Crippen molar-refractivity contribution in [1.82, 2.24) is 14.3 Å². The second-order valence-corrected chi connectivity index (χ2v) is 5.60. The van der Waals surface area contributed by atoms with Crippen molar-refractivity contribution >= 4 is 10.9 Å². The standard InChI is InChI=1S/C19H17N3/c1-14-12-15(2)22(20-14)18-8-5-7-17(13-18)21-11-10-16-6-3-4-9-19(16)21/h3-13H,1-2H3. The van der Waals surface area contributed by atoms with Crippen molar-refractivity contribution in [2.45, 2.75) is 13.8 Å². The molecule has 2 aromatic heterocycles. The fraction of sp³-hybridized carbons (Fsp3) is 0.105. The maximum Gasteiger partial charge on any atom is 0.0669 e. The molecule has 0 aliphatic carbocycles. The molecule has 0 amide bonds. The third kappa shape index (κ3) is 2.02. The Bertz CT molecular complexity index is 960. The van der Waals surface area contributed by atoms with Gasteiger partial charge < -0.3 is 4.57 Å². The lowest BCUT2D eigenvalue weighted by atomic mass is 10.2. The Morgan fingerprint density at radius 3 is 2.45 bits per heavy atom. The molecular weight excluding hydrogens is 270 g/mol. The molecule has 0 aliphatic rings. The van der Waals surface area contributed by atoms with Gasteiger partial charge in [0.25, 0.3) is 0 Å². The predicted octanol–water partition coefficient (Wildman–Crippen LogP) is 4.43. The molecule has 2 heterocycles. The van der Waals surface area contributed by atoms with Crippen molar-refractivity contribution in [1.29, 1.82) is 0 Å². The maximum absolute atomic E-state index is 4.57. The summed E-state index contributed by atoms with van der Waals surface area (Å²) in [5.41, 5.74) is 5.63. The monoisotopic (exact) mass is 287 g/mol. The van der Waals surface area contributed by atoms with Gasteiger partial charge >= 0.3 is 0 Å². The highest BCUT2D eigenvalue weighted by molar-refractivity contribution is 5.81. The van der Waals surface area contributed by atoms with E-state index in [1.54, 1.807) is 0 Å². The number of fused-ring (bicyclic) bond motifs is 1. The van der Waals surface area contributed by atoms with E-state index >= 15 is 0 Å². The topological polar surface area (TPSA) is 22.8 Å². The molecule has 4 aromatic rings. The van der Waals surface area contributed by atoms with Crippen LogP contribution in [0.15, 0.2) is 66.9 Å². The third-order valence-corrected chi connectivity index (χ3v) is 3.96. The van der Waals surface area contributed by atoms with Gasteiger partial charge in [0.15, 0.2) is 0 Å². The fourth-order valence-corrected chi connectivity index (χ4v) is 2.97. The predicted molar refractivity (Wildman–Crippen MR) is 89.9 cm³/mol. The number of benzene rings is 2. The first-order valence-corrected chi connectivity index (χ1v) is 7.42. The second kappa shape index (κ2) is 4.88. The van der Waals surface area contributed by atoms with Crippen LogP contribution in [0.5, 0.6) is 0 Å². The summed E-state index contributed by atoms with van der Waals surface area (Å²) in [6.45, 7) is 4.10. The van der Waals surface area contributed by atoms with E-state index in [2.05, 4.69) is 83.5 Å². The van der Waals surface area contributed by atoms with Gasteiger partial charge in [0.2, 0.25) is 0 Å². The molecular formula is C19H17N3. The summed E-state index contributed by atoms with van der Waals surface area (Å²) in [6.07, 6.45) is 2.12. The molecule has 0 N–H and O–H groups in total. The van der Waals surface area contributed by atoms with Crippen molar-refractivity contribution in [3.8, 4) is 11.4 Å². The van der Waals surface area contributed by atoms with Gasteiger partial charge in [0, 0.05) is 17.6 Å². The maximum atomic E-state index is 4.57. The van der Waals surface area contributed by atoms with Crippen molar-refractivity contribution in [3.05, 3.63) is 78.2 Å². The number of rotatable bonds is 2. The van der Waals surface area contributed by atoms with Crippen LogP contribution >= 0.6 is 0 Å². The van der Waals surface area contributed by atoms with E-state index in [-0.39, 0.29) is 0 Å². The molecule has 0 radical (unpaired) electrons. The van der Waals surface area contributed by atoms with Crippen LogP contribution in [-0.2, 0) is 0 Å². The Kier molecular flexibility index (Phi) is 2.86. The Morgan fingerprint density at radius 1 is 0.818 bits per heavy atom. The van der Waals surface area contributed by atoms with Crippen LogP contribution in [-0.4, -0.2) is 14.3 Å². The van der Waals surface area contributed by atoms with Crippen LogP contribution in [0.3, 0.4) is 0 Å². The third-order valence-electron chi connectivity index (χ3n) is 3.96. The van der Waals surface area contributed by atoms with E-state index in [1.807, 2.05) is 11.6 Å². The van der Waals surface area contributed by atoms with Crippen LogP contribution < -0.4 is 0 Å². The first-order chi connectivity index (χ1) is 10.7. The number of nitrogens with zero attached hydrogens (tertiary/aromatic N) is 3. The van der Waals surface area contributed by atoms with Crippen molar-refractivity contribution in [2.24, 2.45) is 0 Å². The summed E-state index contributed by atoms with van der Waals surface area (Å²) >= 11 is 0. The number of aromatic nitrogens is 3. The normalized spacial score (nSPS) is 11.2. The minimum Gasteiger partial charge on any atom is -0.316 e. The first kappa shape index (κ1) is 12.9. The van der Waals surface area contributed by atoms with Crippen molar-refractivity contribution < 1.29 is 0 Å². The Hall–Kier alpha value is -2.81. The quantitative estimate of drug-likeness (QED) is 0.534. The molecule has 0 saturated heterocycles. The number of hydrogen-bond donors (Lipinski definition) is 0. The lowest BCUT2D eigenvalue weighted by Crippen LogP contribution is -2.00. The van der Waals surface area contributed by atoms with Gasteiger partial charge in [-0.1, -0.05) is 24.3 Å². The molecule has 0 unspecified atom stereocenters.